The van der Waals surface area contributed by atoms with Crippen molar-refractivity contribution in [3.63, 3.8) is 0 Å². The number of alkyl halides is 1. The van der Waals surface area contributed by atoms with Crippen molar-refractivity contribution in [2.45, 2.75) is 24.1 Å². The minimum absolute atomic E-state index is 0.122. The number of carbonyl (C=O) groups is 1. The van der Waals surface area contributed by atoms with Crippen molar-refractivity contribution in [2.24, 2.45) is 5.92 Å². The number of hydrogen-bond donors (Lipinski definition) is 0. The molecule has 1 aromatic rings. The Morgan fingerprint density at radius 2 is 2.15 bits per heavy atom. The number of rotatable bonds is 5. The summed E-state index contributed by atoms with van der Waals surface area (Å²) in [5.74, 6) is 0.372. The molecule has 0 heterocycles. The molecule has 1 aliphatic carbocycles. The first-order chi connectivity index (χ1) is 9.61. The third-order valence-corrected chi connectivity index (χ3v) is 4.45. The summed E-state index contributed by atoms with van der Waals surface area (Å²) in [6.45, 7) is 1.30. The smallest absolute Gasteiger partial charge is 0.225 e. The first-order valence-electron chi connectivity index (χ1n) is 7.06. The molecule has 3 nitrogen and oxygen atoms in total. The molecule has 2 atom stereocenters. The van der Waals surface area contributed by atoms with Gasteiger partial charge in [0.15, 0.2) is 0 Å². The molecule has 0 saturated heterocycles. The Balaban J connectivity index is 1.94. The molecule has 1 aliphatic rings. The summed E-state index contributed by atoms with van der Waals surface area (Å²) in [6, 6.07) is 8.45. The van der Waals surface area contributed by atoms with Crippen LogP contribution in [0.5, 0.6) is 0 Å². The largest absolute Gasteiger partial charge is 0.383 e. The number of benzene rings is 1. The van der Waals surface area contributed by atoms with Crippen LogP contribution in [0.2, 0.25) is 0 Å². The molecule has 1 aromatic carbocycles. The molecular formula is C16H22BrNO2. The van der Waals surface area contributed by atoms with Gasteiger partial charge in [0.2, 0.25) is 5.91 Å². The van der Waals surface area contributed by atoms with Gasteiger partial charge in [-0.25, -0.2) is 0 Å². The third-order valence-electron chi connectivity index (χ3n) is 3.89. The fourth-order valence-electron chi connectivity index (χ4n) is 2.84. The predicted molar refractivity (Wildman–Crippen MR) is 84.2 cm³/mol. The quantitative estimate of drug-likeness (QED) is 0.772. The van der Waals surface area contributed by atoms with E-state index >= 15 is 0 Å². The average Bonchev–Trinajstić information content (AvgIpc) is 2.46. The van der Waals surface area contributed by atoms with E-state index < -0.39 is 0 Å². The van der Waals surface area contributed by atoms with E-state index in [1.807, 2.05) is 11.9 Å². The van der Waals surface area contributed by atoms with Crippen LogP contribution in [-0.4, -0.2) is 42.9 Å². The highest BCUT2D eigenvalue weighted by molar-refractivity contribution is 9.09. The predicted octanol–water partition coefficient (Wildman–Crippen LogP) is 2.66. The van der Waals surface area contributed by atoms with Gasteiger partial charge in [-0.15, -0.1) is 0 Å². The van der Waals surface area contributed by atoms with E-state index in [-0.39, 0.29) is 16.7 Å². The zero-order valence-electron chi connectivity index (χ0n) is 12.1. The maximum absolute atomic E-state index is 12.5. The Kier molecular flexibility index (Phi) is 5.61. The van der Waals surface area contributed by atoms with Crippen LogP contribution in [0, 0.1) is 5.92 Å². The second kappa shape index (κ2) is 7.23. The van der Waals surface area contributed by atoms with Gasteiger partial charge in [-0.2, -0.15) is 0 Å². The van der Waals surface area contributed by atoms with E-state index in [0.29, 0.717) is 13.2 Å². The number of halogens is 1. The maximum Gasteiger partial charge on any atom is 0.225 e. The minimum atomic E-state index is 0.122. The molecule has 110 valence electrons. The lowest BCUT2D eigenvalue weighted by Crippen LogP contribution is -2.39. The molecule has 0 N–H and O–H groups in total. The summed E-state index contributed by atoms with van der Waals surface area (Å²) >= 11 is 3.54. The highest BCUT2D eigenvalue weighted by Gasteiger charge is 2.27. The number of aryl methyl sites for hydroxylation is 1. The van der Waals surface area contributed by atoms with Crippen LogP contribution in [0.25, 0.3) is 0 Å². The molecule has 0 aliphatic heterocycles. The highest BCUT2D eigenvalue weighted by atomic mass is 79.9. The minimum Gasteiger partial charge on any atom is -0.383 e. The first-order valence-corrected chi connectivity index (χ1v) is 7.98. The second-order valence-corrected chi connectivity index (χ2v) is 6.77. The molecule has 2 unspecified atom stereocenters. The Morgan fingerprint density at radius 1 is 1.45 bits per heavy atom. The van der Waals surface area contributed by atoms with E-state index in [1.165, 1.54) is 11.1 Å². The van der Waals surface area contributed by atoms with Crippen molar-refractivity contribution in [1.82, 2.24) is 4.90 Å². The van der Waals surface area contributed by atoms with Gasteiger partial charge in [-0.3, -0.25) is 4.79 Å². The van der Waals surface area contributed by atoms with Gasteiger partial charge in [-0.05, 0) is 30.4 Å². The van der Waals surface area contributed by atoms with E-state index in [9.17, 15) is 4.79 Å². The fourth-order valence-corrected chi connectivity index (χ4v) is 3.54. The van der Waals surface area contributed by atoms with Gasteiger partial charge in [0, 0.05) is 26.6 Å². The van der Waals surface area contributed by atoms with Gasteiger partial charge in [-0.1, -0.05) is 40.2 Å². The van der Waals surface area contributed by atoms with Crippen molar-refractivity contribution in [3.8, 4) is 0 Å². The topological polar surface area (TPSA) is 29.5 Å². The number of fused-ring (bicyclic) bond motifs is 1. The number of carbonyl (C=O) groups excluding carboxylic acids is 1. The monoisotopic (exact) mass is 339 g/mol. The molecule has 0 bridgehead atoms. The molecular weight excluding hydrogens is 318 g/mol. The number of methoxy groups -OCH3 is 1. The van der Waals surface area contributed by atoms with Gasteiger partial charge >= 0.3 is 0 Å². The second-order valence-electron chi connectivity index (χ2n) is 5.48. The molecule has 0 radical (unpaired) electrons. The summed E-state index contributed by atoms with van der Waals surface area (Å²) in [7, 11) is 3.56. The average molecular weight is 340 g/mol. The van der Waals surface area contributed by atoms with Gasteiger partial charge in [0.25, 0.3) is 0 Å². The Hall–Kier alpha value is -0.870. The van der Waals surface area contributed by atoms with Crippen LogP contribution in [0.1, 0.15) is 17.5 Å². The van der Waals surface area contributed by atoms with Crippen molar-refractivity contribution >= 4 is 21.8 Å². The summed E-state index contributed by atoms with van der Waals surface area (Å²) < 4.78 is 5.09. The summed E-state index contributed by atoms with van der Waals surface area (Å²) in [6.07, 6.45) is 2.84. The van der Waals surface area contributed by atoms with E-state index in [0.717, 1.165) is 19.3 Å². The van der Waals surface area contributed by atoms with Crippen molar-refractivity contribution in [2.75, 3.05) is 27.3 Å². The number of ether oxygens (including phenoxy) is 1. The molecule has 2 rings (SSSR count). The lowest BCUT2D eigenvalue weighted by atomic mass is 9.83. The van der Waals surface area contributed by atoms with Crippen LogP contribution >= 0.6 is 15.9 Å². The van der Waals surface area contributed by atoms with E-state index in [1.54, 1.807) is 7.11 Å². The Morgan fingerprint density at radius 3 is 2.85 bits per heavy atom. The van der Waals surface area contributed by atoms with Crippen LogP contribution in [0.3, 0.4) is 0 Å². The molecule has 1 amide bonds. The van der Waals surface area contributed by atoms with Gasteiger partial charge < -0.3 is 9.64 Å². The molecule has 4 heteroatoms. The number of hydrogen-bond acceptors (Lipinski definition) is 2. The van der Waals surface area contributed by atoms with Crippen LogP contribution < -0.4 is 0 Å². The zero-order chi connectivity index (χ0) is 14.5. The molecule has 0 fully saturated rings. The lowest BCUT2D eigenvalue weighted by Gasteiger charge is -2.29. The SMILES string of the molecule is COCC(Br)CN(C)C(=O)C1CCc2ccccc2C1. The van der Waals surface area contributed by atoms with Crippen LogP contribution in [0.15, 0.2) is 24.3 Å². The lowest BCUT2D eigenvalue weighted by molar-refractivity contribution is -0.134. The van der Waals surface area contributed by atoms with Gasteiger partial charge in [0.1, 0.15) is 0 Å². The van der Waals surface area contributed by atoms with Crippen molar-refractivity contribution in [3.05, 3.63) is 35.4 Å². The van der Waals surface area contributed by atoms with Crippen LogP contribution in [-0.2, 0) is 22.4 Å². The standard InChI is InChI=1S/C16H22BrNO2/c1-18(10-15(17)11-20-2)16(19)14-8-7-12-5-3-4-6-13(12)9-14/h3-6,14-15H,7-11H2,1-2H3. The molecule has 0 aromatic heterocycles. The van der Waals surface area contributed by atoms with Crippen LogP contribution in [0.4, 0.5) is 0 Å². The molecule has 0 spiro atoms. The normalized spacial score (nSPS) is 19.2. The Bertz CT molecular complexity index is 464. The fraction of sp³-hybridized carbons (Fsp3) is 0.562. The molecule has 20 heavy (non-hydrogen) atoms. The van der Waals surface area contributed by atoms with Crippen molar-refractivity contribution < 1.29 is 9.53 Å². The highest BCUT2D eigenvalue weighted by Crippen LogP contribution is 2.26. The molecule has 0 saturated carbocycles. The summed E-state index contributed by atoms with van der Waals surface area (Å²) in [4.78, 5) is 14.5. The van der Waals surface area contributed by atoms with Crippen molar-refractivity contribution in [1.29, 1.82) is 0 Å². The zero-order valence-corrected chi connectivity index (χ0v) is 13.7. The first kappa shape index (κ1) is 15.5. The third kappa shape index (κ3) is 3.83. The van der Waals surface area contributed by atoms with Gasteiger partial charge in [0.05, 0.1) is 11.4 Å². The Labute approximate surface area is 129 Å². The number of nitrogens with zero attached hydrogens (tertiary/aromatic N) is 1. The maximum atomic E-state index is 12.5. The van der Waals surface area contributed by atoms with E-state index in [4.69, 9.17) is 4.74 Å². The summed E-state index contributed by atoms with van der Waals surface area (Å²) in [5, 5.41) is 0. The van der Waals surface area contributed by atoms with E-state index in [2.05, 4.69) is 40.2 Å². The number of amides is 1. The summed E-state index contributed by atoms with van der Waals surface area (Å²) in [5.41, 5.74) is 2.73.